The third-order valence-electron chi connectivity index (χ3n) is 8.24. The van der Waals surface area contributed by atoms with Gasteiger partial charge in [-0.05, 0) is 60.7 Å². The molecule has 3 nitrogen and oxygen atoms in total. The van der Waals surface area contributed by atoms with E-state index in [0.717, 1.165) is 11.0 Å². The highest BCUT2D eigenvalue weighted by Crippen LogP contribution is 2.36. The van der Waals surface area contributed by atoms with Crippen LogP contribution >= 0.6 is 0 Å². The second-order valence-electron chi connectivity index (χ2n) is 10.3. The molecule has 0 spiro atoms. The van der Waals surface area contributed by atoms with E-state index in [0.29, 0.717) is 0 Å². The number of fused-ring (bicyclic) bond motifs is 9. The van der Waals surface area contributed by atoms with Gasteiger partial charge in [-0.3, -0.25) is 0 Å². The number of aromatic amines is 1. The summed E-state index contributed by atoms with van der Waals surface area (Å²) in [5, 5.41) is 7.57. The molecular formula is C44H47N3. The fourth-order valence-corrected chi connectivity index (χ4v) is 6.55. The summed E-state index contributed by atoms with van der Waals surface area (Å²) < 4.78 is 4.78. The predicted molar refractivity (Wildman–Crippen MR) is 210 cm³/mol. The van der Waals surface area contributed by atoms with Gasteiger partial charge in [0.1, 0.15) is 0 Å². The van der Waals surface area contributed by atoms with E-state index in [1.54, 1.807) is 0 Å². The van der Waals surface area contributed by atoms with Crippen LogP contribution in [-0.4, -0.2) is 14.1 Å². The standard InChI is InChI=1S/C36H23N3.4C2H6/c1-5-13-33-25(9-1)26-10-2-6-14-34(26)38(33)23-17-19-31-29(21-23)30-22-24(18-20-32(30)37-31)39-35-15-7-3-11-27(35)28-12-4-8-16-36(28)39;4*1-2/h1-22,37H;4*1-2H3. The van der Waals surface area contributed by atoms with Crippen LogP contribution in [0.2, 0.25) is 0 Å². The summed E-state index contributed by atoms with van der Waals surface area (Å²) in [5.41, 5.74) is 9.54. The van der Waals surface area contributed by atoms with Gasteiger partial charge in [0.05, 0.1) is 22.1 Å². The van der Waals surface area contributed by atoms with E-state index < -0.39 is 0 Å². The minimum absolute atomic E-state index is 1.15. The molecular weight excluding hydrogens is 571 g/mol. The van der Waals surface area contributed by atoms with Gasteiger partial charge in [-0.25, -0.2) is 0 Å². The van der Waals surface area contributed by atoms with E-state index in [9.17, 15) is 0 Å². The van der Waals surface area contributed by atoms with E-state index in [1.807, 2.05) is 55.4 Å². The van der Waals surface area contributed by atoms with E-state index in [1.165, 1.54) is 65.8 Å². The molecule has 0 aliphatic rings. The van der Waals surface area contributed by atoms with Crippen LogP contribution in [0.25, 0.3) is 76.8 Å². The van der Waals surface area contributed by atoms with Gasteiger partial charge in [0.15, 0.2) is 0 Å². The van der Waals surface area contributed by atoms with Gasteiger partial charge >= 0.3 is 0 Å². The lowest BCUT2D eigenvalue weighted by Crippen LogP contribution is -1.94. The molecule has 0 atom stereocenters. The Morgan fingerprint density at radius 2 is 0.596 bits per heavy atom. The van der Waals surface area contributed by atoms with Crippen molar-refractivity contribution >= 4 is 65.4 Å². The fraction of sp³-hybridized carbons (Fsp3) is 0.182. The largest absolute Gasteiger partial charge is 0.355 e. The van der Waals surface area contributed by atoms with Crippen LogP contribution in [0.15, 0.2) is 133 Å². The van der Waals surface area contributed by atoms with Crippen molar-refractivity contribution in [2.45, 2.75) is 55.4 Å². The summed E-state index contributed by atoms with van der Waals surface area (Å²) in [6.45, 7) is 16.0. The monoisotopic (exact) mass is 617 g/mol. The van der Waals surface area contributed by atoms with E-state index >= 15 is 0 Å². The molecule has 0 saturated heterocycles. The molecule has 9 rings (SSSR count). The predicted octanol–water partition coefficient (Wildman–Crippen LogP) is 13.6. The summed E-state index contributed by atoms with van der Waals surface area (Å²) in [7, 11) is 0. The highest BCUT2D eigenvalue weighted by Gasteiger charge is 2.15. The summed E-state index contributed by atoms with van der Waals surface area (Å²) in [6, 6.07) is 48.3. The van der Waals surface area contributed by atoms with Crippen LogP contribution in [-0.2, 0) is 0 Å². The van der Waals surface area contributed by atoms with Gasteiger partial charge in [-0.2, -0.15) is 0 Å². The Morgan fingerprint density at radius 1 is 0.319 bits per heavy atom. The van der Waals surface area contributed by atoms with Crippen molar-refractivity contribution in [1.82, 2.24) is 14.1 Å². The Morgan fingerprint density at radius 3 is 0.894 bits per heavy atom. The Hall–Kier alpha value is -5.28. The Bertz CT molecular complexity index is 2120. The van der Waals surface area contributed by atoms with Gasteiger partial charge in [0.25, 0.3) is 0 Å². The Balaban J connectivity index is 0.000000507. The molecule has 6 aromatic carbocycles. The third-order valence-corrected chi connectivity index (χ3v) is 8.24. The summed E-state index contributed by atoms with van der Waals surface area (Å²) in [6.07, 6.45) is 0. The molecule has 0 bridgehead atoms. The first kappa shape index (κ1) is 33.1. The number of nitrogens with zero attached hydrogens (tertiary/aromatic N) is 2. The number of para-hydroxylation sites is 4. The van der Waals surface area contributed by atoms with E-state index in [-0.39, 0.29) is 0 Å². The molecule has 3 heterocycles. The quantitative estimate of drug-likeness (QED) is 0.200. The highest BCUT2D eigenvalue weighted by atomic mass is 15.0. The maximum Gasteiger partial charge on any atom is 0.0541 e. The lowest BCUT2D eigenvalue weighted by molar-refractivity contribution is 1.18. The first-order chi connectivity index (χ1) is 23.3. The Kier molecular flexibility index (Phi) is 10.5. The van der Waals surface area contributed by atoms with E-state index in [2.05, 4.69) is 148 Å². The van der Waals surface area contributed by atoms with Gasteiger partial charge in [0.2, 0.25) is 0 Å². The van der Waals surface area contributed by atoms with Crippen molar-refractivity contribution in [3.63, 3.8) is 0 Å². The summed E-state index contributed by atoms with van der Waals surface area (Å²) in [4.78, 5) is 3.65. The molecule has 238 valence electrons. The van der Waals surface area contributed by atoms with Crippen LogP contribution in [0.3, 0.4) is 0 Å². The van der Waals surface area contributed by atoms with Crippen LogP contribution < -0.4 is 0 Å². The molecule has 0 unspecified atom stereocenters. The molecule has 0 aliphatic carbocycles. The first-order valence-electron chi connectivity index (χ1n) is 17.4. The van der Waals surface area contributed by atoms with Crippen molar-refractivity contribution in [1.29, 1.82) is 0 Å². The van der Waals surface area contributed by atoms with Gasteiger partial charge in [0, 0.05) is 54.7 Å². The van der Waals surface area contributed by atoms with Crippen LogP contribution in [0.5, 0.6) is 0 Å². The number of benzene rings is 6. The maximum atomic E-state index is 3.65. The van der Waals surface area contributed by atoms with Crippen LogP contribution in [0.1, 0.15) is 55.4 Å². The van der Waals surface area contributed by atoms with E-state index in [4.69, 9.17) is 0 Å². The molecule has 3 heteroatoms. The number of rotatable bonds is 2. The second kappa shape index (κ2) is 14.9. The number of hydrogen-bond acceptors (Lipinski definition) is 0. The molecule has 0 saturated carbocycles. The van der Waals surface area contributed by atoms with Crippen LogP contribution in [0.4, 0.5) is 0 Å². The molecule has 47 heavy (non-hydrogen) atoms. The Labute approximate surface area is 279 Å². The van der Waals surface area contributed by atoms with Crippen molar-refractivity contribution < 1.29 is 0 Å². The molecule has 3 aromatic heterocycles. The molecule has 0 fully saturated rings. The maximum absolute atomic E-state index is 3.65. The van der Waals surface area contributed by atoms with Crippen molar-refractivity contribution in [3.8, 4) is 11.4 Å². The summed E-state index contributed by atoms with van der Waals surface area (Å²) in [5.74, 6) is 0. The zero-order chi connectivity index (χ0) is 33.5. The molecule has 0 aliphatic heterocycles. The minimum atomic E-state index is 1.15. The SMILES string of the molecule is CC.CC.CC.CC.c1ccc2c(c1)c1ccccc1n2-c1ccc2[nH]c3ccc(-n4c5ccccc5c5ccccc54)cc3c2c1. The normalized spacial score (nSPS) is 10.6. The molecule has 0 radical (unpaired) electrons. The smallest absolute Gasteiger partial charge is 0.0541 e. The first-order valence-corrected chi connectivity index (χ1v) is 17.4. The van der Waals surface area contributed by atoms with Crippen LogP contribution in [0, 0.1) is 0 Å². The third kappa shape index (κ3) is 5.57. The minimum Gasteiger partial charge on any atom is -0.355 e. The molecule has 0 amide bonds. The number of hydrogen-bond donors (Lipinski definition) is 1. The fourth-order valence-electron chi connectivity index (χ4n) is 6.55. The zero-order valence-corrected chi connectivity index (χ0v) is 29.1. The number of aromatic nitrogens is 3. The van der Waals surface area contributed by atoms with Gasteiger partial charge in [-0.15, -0.1) is 0 Å². The van der Waals surface area contributed by atoms with Crippen molar-refractivity contribution in [3.05, 3.63) is 133 Å². The van der Waals surface area contributed by atoms with Gasteiger partial charge in [-0.1, -0.05) is 128 Å². The second-order valence-corrected chi connectivity index (χ2v) is 10.3. The summed E-state index contributed by atoms with van der Waals surface area (Å²) >= 11 is 0. The number of H-pyrrole nitrogens is 1. The lowest BCUT2D eigenvalue weighted by atomic mass is 10.1. The van der Waals surface area contributed by atoms with Crippen molar-refractivity contribution in [2.24, 2.45) is 0 Å². The molecule has 9 aromatic rings. The lowest BCUT2D eigenvalue weighted by Gasteiger charge is -2.09. The zero-order valence-electron chi connectivity index (χ0n) is 29.1. The highest BCUT2D eigenvalue weighted by molar-refractivity contribution is 6.13. The topological polar surface area (TPSA) is 25.6 Å². The van der Waals surface area contributed by atoms with Crippen molar-refractivity contribution in [2.75, 3.05) is 0 Å². The average Bonchev–Trinajstić information content (AvgIpc) is 3.82. The van der Waals surface area contributed by atoms with Gasteiger partial charge < -0.3 is 14.1 Å². The average molecular weight is 618 g/mol. The number of nitrogens with one attached hydrogen (secondary N) is 1. The molecule has 1 N–H and O–H groups in total.